The van der Waals surface area contributed by atoms with Crippen molar-refractivity contribution < 1.29 is 14.6 Å². The lowest BCUT2D eigenvalue weighted by atomic mass is 10.2. The van der Waals surface area contributed by atoms with Crippen molar-refractivity contribution in [1.82, 2.24) is 14.9 Å². The fourth-order valence-corrected chi connectivity index (χ4v) is 4.52. The average Bonchev–Trinajstić information content (AvgIpc) is 3.71. The van der Waals surface area contributed by atoms with E-state index in [1.54, 1.807) is 14.2 Å². The maximum absolute atomic E-state index is 9.19. The number of rotatable bonds is 9. The van der Waals surface area contributed by atoms with Crippen molar-refractivity contribution in [3.8, 4) is 11.5 Å². The van der Waals surface area contributed by atoms with Crippen molar-refractivity contribution >= 4 is 28.2 Å². The minimum Gasteiger partial charge on any atom is -0.497 e. The second-order valence-corrected chi connectivity index (χ2v) is 9.08. The molecule has 0 radical (unpaired) electrons. The molecule has 0 bridgehead atoms. The van der Waals surface area contributed by atoms with Crippen molar-refractivity contribution in [2.75, 3.05) is 69.9 Å². The lowest BCUT2D eigenvalue weighted by Gasteiger charge is -2.34. The van der Waals surface area contributed by atoms with Crippen molar-refractivity contribution in [3.05, 3.63) is 42.6 Å². The molecule has 2 aliphatic rings. The second-order valence-electron chi connectivity index (χ2n) is 9.08. The fourth-order valence-electron chi connectivity index (χ4n) is 4.52. The lowest BCUT2D eigenvalue weighted by Crippen LogP contribution is -2.47. The van der Waals surface area contributed by atoms with Gasteiger partial charge in [0, 0.05) is 68.8 Å². The zero-order chi connectivity index (χ0) is 23.5. The van der Waals surface area contributed by atoms with Gasteiger partial charge in [-0.25, -0.2) is 4.98 Å². The van der Waals surface area contributed by atoms with Crippen LogP contribution in [0.15, 0.2) is 42.6 Å². The van der Waals surface area contributed by atoms with Gasteiger partial charge >= 0.3 is 0 Å². The number of aromatic nitrogens is 2. The smallest absolute Gasteiger partial charge is 0.147 e. The van der Waals surface area contributed by atoms with Crippen molar-refractivity contribution in [2.24, 2.45) is 5.92 Å². The number of nitrogens with zero attached hydrogens (tertiary/aromatic N) is 5. The van der Waals surface area contributed by atoms with Gasteiger partial charge in [-0.3, -0.25) is 9.88 Å². The number of hydrogen-bond acceptors (Lipinski definition) is 8. The Hall–Kier alpha value is -3.10. The molecule has 1 saturated heterocycles. The highest BCUT2D eigenvalue weighted by Crippen LogP contribution is 2.38. The van der Waals surface area contributed by atoms with Crippen molar-refractivity contribution in [1.29, 1.82) is 0 Å². The molecule has 1 N–H and O–H groups in total. The van der Waals surface area contributed by atoms with Gasteiger partial charge in [-0.2, -0.15) is 0 Å². The number of β-amino-alcohol motifs (C(OH)–C–C–N with tert-alkyl or cyclic N) is 1. The Morgan fingerprint density at radius 3 is 2.32 bits per heavy atom. The summed E-state index contributed by atoms with van der Waals surface area (Å²) in [6, 6.07) is 12.3. The van der Waals surface area contributed by atoms with Crippen molar-refractivity contribution in [3.63, 3.8) is 0 Å². The first-order valence-corrected chi connectivity index (χ1v) is 12.0. The summed E-state index contributed by atoms with van der Waals surface area (Å²) in [5.74, 6) is 3.15. The third-order valence-corrected chi connectivity index (χ3v) is 6.72. The molecule has 2 fully saturated rings. The lowest BCUT2D eigenvalue weighted by molar-refractivity contribution is 0.188. The van der Waals surface area contributed by atoms with Gasteiger partial charge in [0.05, 0.1) is 38.1 Å². The molecule has 0 atom stereocenters. The largest absolute Gasteiger partial charge is 0.497 e. The summed E-state index contributed by atoms with van der Waals surface area (Å²) in [7, 11) is 3.36. The monoisotopic (exact) mass is 463 g/mol. The summed E-state index contributed by atoms with van der Waals surface area (Å²) < 4.78 is 11.1. The first-order valence-electron chi connectivity index (χ1n) is 12.0. The number of methoxy groups -OCH3 is 2. The first kappa shape index (κ1) is 22.7. The summed E-state index contributed by atoms with van der Waals surface area (Å²) in [5.41, 5.74) is 3.92. The van der Waals surface area contributed by atoms with Gasteiger partial charge in [0.15, 0.2) is 0 Å². The van der Waals surface area contributed by atoms with E-state index in [0.29, 0.717) is 5.92 Å². The highest BCUT2D eigenvalue weighted by molar-refractivity contribution is 5.82. The molecule has 1 aromatic heterocycles. The Balaban J connectivity index is 1.45. The van der Waals surface area contributed by atoms with Crippen LogP contribution < -0.4 is 19.3 Å². The molecular formula is C26H33N5O3. The van der Waals surface area contributed by atoms with E-state index in [4.69, 9.17) is 19.4 Å². The second kappa shape index (κ2) is 10.0. The number of piperazine rings is 1. The molecule has 8 nitrogen and oxygen atoms in total. The zero-order valence-corrected chi connectivity index (χ0v) is 20.0. The van der Waals surface area contributed by atoms with E-state index in [-0.39, 0.29) is 6.61 Å². The SMILES string of the molecule is COc1cc(OC)cc(N(CC2CC2)c2ccc3ncc(N4CCN(CCO)CC4)nc3c2)c1. The molecule has 0 unspecified atom stereocenters. The molecule has 1 aliphatic heterocycles. The van der Waals surface area contributed by atoms with E-state index in [1.807, 2.05) is 12.3 Å². The van der Waals surface area contributed by atoms with Crippen molar-refractivity contribution in [2.45, 2.75) is 12.8 Å². The van der Waals surface area contributed by atoms with Crippen LogP contribution in [-0.2, 0) is 0 Å². The van der Waals surface area contributed by atoms with Crippen LogP contribution >= 0.6 is 0 Å². The average molecular weight is 464 g/mol. The van der Waals surface area contributed by atoms with E-state index >= 15 is 0 Å². The number of hydrogen-bond donors (Lipinski definition) is 1. The fraction of sp³-hybridized carbons (Fsp3) is 0.462. The van der Waals surface area contributed by atoms with Crippen LogP contribution in [0.2, 0.25) is 0 Å². The zero-order valence-electron chi connectivity index (χ0n) is 20.0. The minimum atomic E-state index is 0.203. The van der Waals surface area contributed by atoms with Crippen LogP contribution in [0.4, 0.5) is 17.2 Å². The van der Waals surface area contributed by atoms with Crippen LogP contribution in [0.25, 0.3) is 11.0 Å². The third-order valence-electron chi connectivity index (χ3n) is 6.72. The van der Waals surface area contributed by atoms with Crippen LogP contribution in [0.1, 0.15) is 12.8 Å². The van der Waals surface area contributed by atoms with Gasteiger partial charge in [-0.15, -0.1) is 0 Å². The normalized spacial score (nSPS) is 16.6. The number of fused-ring (bicyclic) bond motifs is 1. The van der Waals surface area contributed by atoms with Gasteiger partial charge < -0.3 is 24.4 Å². The standard InChI is InChI=1S/C26H33N5O3/c1-33-22-13-21(14-23(16-22)34-2)31(18-19-3-4-19)20-5-6-24-25(15-20)28-26(17-27-24)30-9-7-29(8-10-30)11-12-32/h5-6,13-17,19,32H,3-4,7-12,18H2,1-2H3. The minimum absolute atomic E-state index is 0.203. The molecule has 8 heteroatoms. The number of ether oxygens (including phenoxy) is 2. The predicted octanol–water partition coefficient (Wildman–Crippen LogP) is 3.31. The third kappa shape index (κ3) is 5.03. The highest BCUT2D eigenvalue weighted by Gasteiger charge is 2.26. The van der Waals surface area contributed by atoms with Gasteiger partial charge in [0.25, 0.3) is 0 Å². The van der Waals surface area contributed by atoms with E-state index in [2.05, 4.69) is 45.0 Å². The molecule has 0 amide bonds. The maximum Gasteiger partial charge on any atom is 0.147 e. The number of benzene rings is 2. The molecular weight excluding hydrogens is 430 g/mol. The number of aliphatic hydroxyl groups excluding tert-OH is 1. The topological polar surface area (TPSA) is 74.2 Å². The van der Waals surface area contributed by atoms with E-state index in [9.17, 15) is 5.11 Å². The predicted molar refractivity (Wildman–Crippen MR) is 135 cm³/mol. The Morgan fingerprint density at radius 2 is 1.68 bits per heavy atom. The van der Waals surface area contributed by atoms with Gasteiger partial charge in [-0.05, 0) is 37.0 Å². The van der Waals surface area contributed by atoms with Crippen LogP contribution in [-0.4, -0.2) is 80.1 Å². The molecule has 1 saturated carbocycles. The number of anilines is 3. The Labute approximate surface area is 200 Å². The summed E-state index contributed by atoms with van der Waals surface area (Å²) in [4.78, 5) is 16.6. The quantitative estimate of drug-likeness (QED) is 0.518. The maximum atomic E-state index is 9.19. The van der Waals surface area contributed by atoms with E-state index < -0.39 is 0 Å². The first-order chi connectivity index (χ1) is 16.7. The van der Waals surface area contributed by atoms with Crippen LogP contribution in [0.3, 0.4) is 0 Å². The van der Waals surface area contributed by atoms with Crippen LogP contribution in [0, 0.1) is 5.92 Å². The van der Waals surface area contributed by atoms with E-state index in [1.165, 1.54) is 12.8 Å². The molecule has 1 aliphatic carbocycles. The summed E-state index contributed by atoms with van der Waals surface area (Å²) in [5, 5.41) is 9.19. The molecule has 5 rings (SSSR count). The molecule has 180 valence electrons. The Bertz CT molecular complexity index is 1110. The van der Waals surface area contributed by atoms with Gasteiger partial charge in [0.2, 0.25) is 0 Å². The summed E-state index contributed by atoms with van der Waals surface area (Å²) in [6.07, 6.45) is 4.40. The molecule has 0 spiro atoms. The van der Waals surface area contributed by atoms with Crippen LogP contribution in [0.5, 0.6) is 11.5 Å². The Morgan fingerprint density at radius 1 is 0.941 bits per heavy atom. The number of aliphatic hydroxyl groups is 1. The summed E-state index contributed by atoms with van der Waals surface area (Å²) in [6.45, 7) is 5.50. The van der Waals surface area contributed by atoms with Gasteiger partial charge in [0.1, 0.15) is 17.3 Å². The Kier molecular flexibility index (Phi) is 6.69. The molecule has 3 aromatic rings. The van der Waals surface area contributed by atoms with Gasteiger partial charge in [-0.1, -0.05) is 0 Å². The molecule has 2 heterocycles. The summed E-state index contributed by atoms with van der Waals surface area (Å²) >= 11 is 0. The molecule has 2 aromatic carbocycles. The molecule has 34 heavy (non-hydrogen) atoms. The van der Waals surface area contributed by atoms with E-state index in [0.717, 1.165) is 79.0 Å². The highest BCUT2D eigenvalue weighted by atomic mass is 16.5.